The fourth-order valence-corrected chi connectivity index (χ4v) is 5.80. The Hall–Kier alpha value is -4.15. The number of rotatable bonds is 11. The quantitative estimate of drug-likeness (QED) is 0.214. The van der Waals surface area contributed by atoms with Gasteiger partial charge in [-0.3, -0.25) is 9.69 Å². The second-order valence-corrected chi connectivity index (χ2v) is 10.5. The van der Waals surface area contributed by atoms with Crippen molar-refractivity contribution >= 4 is 22.8 Å². The number of carboxylic acids is 1. The zero-order valence-electron chi connectivity index (χ0n) is 23.6. The van der Waals surface area contributed by atoms with Crippen LogP contribution in [-0.4, -0.2) is 69.2 Å². The molecule has 3 heterocycles. The largest absolute Gasteiger partial charge is 0.496 e. The van der Waals surface area contributed by atoms with Gasteiger partial charge in [0.1, 0.15) is 11.8 Å². The van der Waals surface area contributed by atoms with Crippen molar-refractivity contribution in [2.24, 2.45) is 0 Å². The normalized spacial score (nSPS) is 18.3. The number of carbonyl (C=O) groups excluding carboxylic acids is 1. The van der Waals surface area contributed by atoms with Crippen LogP contribution in [0.4, 0.5) is 0 Å². The topological polar surface area (TPSA) is 133 Å². The maximum Gasteiger partial charge on any atom is 0.326 e. The molecule has 0 spiro atoms. The third-order valence-electron chi connectivity index (χ3n) is 7.90. The Kier molecular flexibility index (Phi) is 8.70. The number of hydrogen-bond donors (Lipinski definition) is 4. The summed E-state index contributed by atoms with van der Waals surface area (Å²) in [5.74, 6) is -0.668. The van der Waals surface area contributed by atoms with Gasteiger partial charge in [-0.1, -0.05) is 12.1 Å². The smallest absolute Gasteiger partial charge is 0.326 e. The SMILES string of the molecule is CCO[C@@H]1CCN(Cc2c(OC)cc(C)c3[nH]ccc23)[C@H](c2ccc(C(=O)N[C@@H](Cc3cnc[nH]3)C(=O)O)cc2)C1. The van der Waals surface area contributed by atoms with Crippen molar-refractivity contribution in [3.8, 4) is 5.75 Å². The van der Waals surface area contributed by atoms with E-state index in [0.717, 1.165) is 52.7 Å². The predicted octanol–water partition coefficient (Wildman–Crippen LogP) is 4.38. The summed E-state index contributed by atoms with van der Waals surface area (Å²) in [5.41, 5.74) is 5.51. The van der Waals surface area contributed by atoms with E-state index in [0.29, 0.717) is 24.4 Å². The van der Waals surface area contributed by atoms with Gasteiger partial charge in [-0.05, 0) is 62.1 Å². The number of imidazole rings is 1. The molecular weight excluding hydrogens is 522 g/mol. The number of ether oxygens (including phenoxy) is 2. The van der Waals surface area contributed by atoms with E-state index in [1.165, 1.54) is 6.33 Å². The fourth-order valence-electron chi connectivity index (χ4n) is 5.80. The first-order valence-electron chi connectivity index (χ1n) is 14.0. The number of benzene rings is 2. The van der Waals surface area contributed by atoms with Crippen LogP contribution >= 0.6 is 0 Å². The predicted molar refractivity (Wildman–Crippen MR) is 155 cm³/mol. The lowest BCUT2D eigenvalue weighted by atomic mass is 9.91. The summed E-state index contributed by atoms with van der Waals surface area (Å²) in [6.07, 6.45) is 7.02. The maximum atomic E-state index is 13.0. The number of H-pyrrole nitrogens is 2. The number of aromatic nitrogens is 3. The van der Waals surface area contributed by atoms with Crippen LogP contribution in [0.15, 0.2) is 55.1 Å². The number of hydrogen-bond acceptors (Lipinski definition) is 6. The molecular formula is C31H37N5O5. The van der Waals surface area contributed by atoms with Crippen molar-refractivity contribution in [2.45, 2.75) is 57.8 Å². The Morgan fingerprint density at radius 3 is 2.71 bits per heavy atom. The summed E-state index contributed by atoms with van der Waals surface area (Å²) in [4.78, 5) is 37.4. The first-order chi connectivity index (χ1) is 19.9. The van der Waals surface area contributed by atoms with Gasteiger partial charge in [0.25, 0.3) is 5.91 Å². The van der Waals surface area contributed by atoms with E-state index < -0.39 is 17.9 Å². The zero-order chi connectivity index (χ0) is 28.9. The van der Waals surface area contributed by atoms with Crippen molar-refractivity contribution in [3.63, 3.8) is 0 Å². The van der Waals surface area contributed by atoms with E-state index in [9.17, 15) is 14.7 Å². The number of likely N-dealkylation sites (tertiary alicyclic amines) is 1. The second-order valence-electron chi connectivity index (χ2n) is 10.5. The number of piperidine rings is 1. The van der Waals surface area contributed by atoms with Crippen LogP contribution in [0, 0.1) is 6.92 Å². The molecule has 0 saturated carbocycles. The number of nitrogens with one attached hydrogen (secondary N) is 3. The van der Waals surface area contributed by atoms with Crippen LogP contribution in [0.1, 0.15) is 58.5 Å². The van der Waals surface area contributed by atoms with Gasteiger partial charge in [0, 0.05) is 72.3 Å². The molecule has 2 aromatic carbocycles. The van der Waals surface area contributed by atoms with E-state index in [2.05, 4.69) is 44.2 Å². The van der Waals surface area contributed by atoms with Gasteiger partial charge in [-0.25, -0.2) is 9.78 Å². The zero-order valence-corrected chi connectivity index (χ0v) is 23.6. The lowest BCUT2D eigenvalue weighted by molar-refractivity contribution is -0.139. The molecule has 0 bridgehead atoms. The van der Waals surface area contributed by atoms with E-state index >= 15 is 0 Å². The van der Waals surface area contributed by atoms with Crippen LogP contribution in [-0.2, 0) is 22.5 Å². The molecule has 0 unspecified atom stereocenters. The number of nitrogens with zero attached hydrogens (tertiary/aromatic N) is 2. The van der Waals surface area contributed by atoms with Crippen LogP contribution < -0.4 is 10.1 Å². The number of aryl methyl sites for hydroxylation is 1. The minimum Gasteiger partial charge on any atom is -0.496 e. The molecule has 10 heteroatoms. The summed E-state index contributed by atoms with van der Waals surface area (Å²) in [6, 6.07) is 10.6. The van der Waals surface area contributed by atoms with Crippen molar-refractivity contribution in [1.82, 2.24) is 25.2 Å². The van der Waals surface area contributed by atoms with Crippen molar-refractivity contribution in [1.29, 1.82) is 0 Å². The summed E-state index contributed by atoms with van der Waals surface area (Å²) >= 11 is 0. The highest BCUT2D eigenvalue weighted by Gasteiger charge is 2.31. The van der Waals surface area contributed by atoms with Crippen LogP contribution in [0.5, 0.6) is 5.75 Å². The minimum absolute atomic E-state index is 0.0737. The Balaban J connectivity index is 1.37. The van der Waals surface area contributed by atoms with Gasteiger partial charge in [0.15, 0.2) is 0 Å². The third kappa shape index (κ3) is 6.28. The second kappa shape index (κ2) is 12.6. The average Bonchev–Trinajstić information content (AvgIpc) is 3.68. The van der Waals surface area contributed by atoms with Gasteiger partial charge in [0.05, 0.1) is 19.5 Å². The molecule has 4 aromatic rings. The van der Waals surface area contributed by atoms with Crippen LogP contribution in [0.25, 0.3) is 10.9 Å². The molecule has 2 aromatic heterocycles. The first-order valence-corrected chi connectivity index (χ1v) is 14.0. The van der Waals surface area contributed by atoms with Crippen molar-refractivity contribution in [2.75, 3.05) is 20.3 Å². The average molecular weight is 560 g/mol. The molecule has 216 valence electrons. The Morgan fingerprint density at radius 1 is 1.22 bits per heavy atom. The number of aliphatic carboxylic acids is 1. The molecule has 3 atom stereocenters. The molecule has 1 aliphatic heterocycles. The molecule has 1 fully saturated rings. The fraction of sp³-hybridized carbons (Fsp3) is 0.387. The summed E-state index contributed by atoms with van der Waals surface area (Å²) in [6.45, 7) is 6.32. The number of carboxylic acid groups (broad SMARTS) is 1. The standard InChI is InChI=1S/C31H37N5O5/c1-4-41-23-10-12-36(17-25-24-9-11-33-29(24)19(2)13-28(25)40-3)27(15-23)20-5-7-21(8-6-20)30(37)35-26(31(38)39)14-22-16-32-18-34-22/h5-9,11,13,16,18,23,26-27,33H,4,10,12,14-15,17H2,1-3H3,(H,32,34)(H,35,37)(H,38,39)/t23-,26+,27+/m1/s1. The number of aromatic amines is 2. The van der Waals surface area contributed by atoms with Crippen molar-refractivity contribution < 1.29 is 24.2 Å². The van der Waals surface area contributed by atoms with Gasteiger partial charge >= 0.3 is 5.97 Å². The minimum atomic E-state index is -1.10. The molecule has 1 saturated heterocycles. The van der Waals surface area contributed by atoms with Crippen LogP contribution in [0.2, 0.25) is 0 Å². The molecule has 5 rings (SSSR count). The highest BCUT2D eigenvalue weighted by Crippen LogP contribution is 2.38. The number of amides is 1. The lowest BCUT2D eigenvalue weighted by Crippen LogP contribution is -2.42. The highest BCUT2D eigenvalue weighted by molar-refractivity contribution is 5.96. The molecule has 0 aliphatic carbocycles. The highest BCUT2D eigenvalue weighted by atomic mass is 16.5. The van der Waals surface area contributed by atoms with Gasteiger partial charge in [-0.15, -0.1) is 0 Å². The first kappa shape index (κ1) is 28.4. The van der Waals surface area contributed by atoms with Gasteiger partial charge in [0.2, 0.25) is 0 Å². The van der Waals surface area contributed by atoms with E-state index in [1.807, 2.05) is 25.3 Å². The third-order valence-corrected chi connectivity index (χ3v) is 7.90. The van der Waals surface area contributed by atoms with Crippen LogP contribution in [0.3, 0.4) is 0 Å². The van der Waals surface area contributed by atoms with E-state index in [-0.39, 0.29) is 18.6 Å². The molecule has 4 N–H and O–H groups in total. The van der Waals surface area contributed by atoms with Gasteiger partial charge in [-0.2, -0.15) is 0 Å². The molecule has 1 amide bonds. The number of methoxy groups -OCH3 is 1. The van der Waals surface area contributed by atoms with Crippen molar-refractivity contribution in [3.05, 3.63) is 83.1 Å². The van der Waals surface area contributed by atoms with E-state index in [4.69, 9.17) is 9.47 Å². The maximum absolute atomic E-state index is 13.0. The molecule has 10 nitrogen and oxygen atoms in total. The van der Waals surface area contributed by atoms with Gasteiger partial charge < -0.3 is 29.9 Å². The molecule has 1 aliphatic rings. The summed E-state index contributed by atoms with van der Waals surface area (Å²) in [5, 5.41) is 13.4. The number of fused-ring (bicyclic) bond motifs is 1. The Morgan fingerprint density at radius 2 is 2.02 bits per heavy atom. The number of carbonyl (C=O) groups is 2. The molecule has 41 heavy (non-hydrogen) atoms. The van der Waals surface area contributed by atoms with E-state index in [1.54, 1.807) is 25.4 Å². The Labute approximate surface area is 239 Å². The lowest BCUT2D eigenvalue weighted by Gasteiger charge is -2.40. The Bertz CT molecular complexity index is 1480. The summed E-state index contributed by atoms with van der Waals surface area (Å²) in [7, 11) is 1.71. The molecule has 0 radical (unpaired) electrons. The monoisotopic (exact) mass is 559 g/mol. The summed E-state index contributed by atoms with van der Waals surface area (Å²) < 4.78 is 11.9.